The molecular formula is C34H26N2O. The predicted molar refractivity (Wildman–Crippen MR) is 154 cm³/mol. The molecule has 3 heteroatoms. The molecule has 0 bridgehead atoms. The van der Waals surface area contributed by atoms with E-state index in [9.17, 15) is 4.79 Å². The van der Waals surface area contributed by atoms with Crippen molar-refractivity contribution < 1.29 is 0 Å². The van der Waals surface area contributed by atoms with Crippen molar-refractivity contribution in [2.75, 3.05) is 4.90 Å². The Labute approximate surface area is 216 Å². The maximum atomic E-state index is 12.9. The van der Waals surface area contributed by atoms with Crippen molar-refractivity contribution in [3.8, 4) is 16.8 Å². The average Bonchev–Trinajstić information content (AvgIpc) is 2.97. The highest BCUT2D eigenvalue weighted by Gasteiger charge is 2.13. The molecule has 0 fully saturated rings. The van der Waals surface area contributed by atoms with E-state index in [2.05, 4.69) is 100 Å². The molecule has 6 rings (SSSR count). The van der Waals surface area contributed by atoms with Gasteiger partial charge in [-0.05, 0) is 78.7 Å². The van der Waals surface area contributed by atoms with E-state index in [-0.39, 0.29) is 5.43 Å². The van der Waals surface area contributed by atoms with Crippen LogP contribution >= 0.6 is 0 Å². The smallest absolute Gasteiger partial charge is 0.192 e. The van der Waals surface area contributed by atoms with Gasteiger partial charge in [-0.25, -0.2) is 0 Å². The maximum Gasteiger partial charge on any atom is 0.192 e. The normalized spacial score (nSPS) is 10.9. The van der Waals surface area contributed by atoms with Crippen LogP contribution in [0.15, 0.2) is 144 Å². The molecule has 0 radical (unpaired) electrons. The summed E-state index contributed by atoms with van der Waals surface area (Å²) in [7, 11) is 0. The SMILES string of the molecule is Cc1cn(-c2ccccc2)c2cc(-c3ccc(N(c4ccccc4)c4ccccc4)cc3)ccc2c1=O. The fraction of sp³-hybridized carbons (Fsp3) is 0.0294. The van der Waals surface area contributed by atoms with E-state index in [4.69, 9.17) is 0 Å². The molecule has 0 aliphatic rings. The molecule has 5 aromatic carbocycles. The Hall–Kier alpha value is -4.89. The van der Waals surface area contributed by atoms with E-state index in [1.807, 2.05) is 55.6 Å². The standard InChI is InChI=1S/C34H26N2O/c1-25-24-35(28-11-5-2-6-12-28)33-23-27(19-22-32(33)34(25)37)26-17-20-31(21-18-26)36(29-13-7-3-8-14-29)30-15-9-4-10-16-30/h2-24H,1H3. The lowest BCUT2D eigenvalue weighted by molar-refractivity contribution is 1.08. The second-order valence-electron chi connectivity index (χ2n) is 9.13. The van der Waals surface area contributed by atoms with E-state index < -0.39 is 0 Å². The summed E-state index contributed by atoms with van der Waals surface area (Å²) in [4.78, 5) is 15.2. The average molecular weight is 479 g/mol. The van der Waals surface area contributed by atoms with Crippen LogP contribution in [0.3, 0.4) is 0 Å². The molecule has 37 heavy (non-hydrogen) atoms. The van der Waals surface area contributed by atoms with Gasteiger partial charge in [0.2, 0.25) is 0 Å². The van der Waals surface area contributed by atoms with Gasteiger partial charge >= 0.3 is 0 Å². The number of hydrogen-bond acceptors (Lipinski definition) is 2. The van der Waals surface area contributed by atoms with Crippen molar-refractivity contribution in [2.45, 2.75) is 6.92 Å². The van der Waals surface area contributed by atoms with Gasteiger partial charge in [-0.1, -0.05) is 72.8 Å². The minimum Gasteiger partial charge on any atom is -0.316 e. The fourth-order valence-electron chi connectivity index (χ4n) is 4.84. The molecule has 0 N–H and O–H groups in total. The predicted octanol–water partition coefficient (Wildman–Crippen LogP) is 8.44. The Morgan fingerprint density at radius 3 is 1.68 bits per heavy atom. The number of fused-ring (bicyclic) bond motifs is 1. The van der Waals surface area contributed by atoms with E-state index in [0.29, 0.717) is 0 Å². The third-order valence-electron chi connectivity index (χ3n) is 6.70. The van der Waals surface area contributed by atoms with Crippen LogP contribution in [-0.2, 0) is 0 Å². The molecule has 1 aromatic heterocycles. The van der Waals surface area contributed by atoms with Crippen LogP contribution in [0.1, 0.15) is 5.56 Å². The molecule has 0 unspecified atom stereocenters. The highest BCUT2D eigenvalue weighted by molar-refractivity contribution is 5.87. The number of rotatable bonds is 5. The van der Waals surface area contributed by atoms with Crippen molar-refractivity contribution in [1.82, 2.24) is 4.57 Å². The summed E-state index contributed by atoms with van der Waals surface area (Å²) < 4.78 is 2.11. The van der Waals surface area contributed by atoms with Gasteiger partial charge in [0.15, 0.2) is 5.43 Å². The zero-order valence-electron chi connectivity index (χ0n) is 20.6. The molecule has 178 valence electrons. The summed E-state index contributed by atoms with van der Waals surface area (Å²) in [6.07, 6.45) is 1.93. The van der Waals surface area contributed by atoms with Crippen LogP contribution in [0.25, 0.3) is 27.7 Å². The van der Waals surface area contributed by atoms with Crippen LogP contribution in [0.4, 0.5) is 17.1 Å². The van der Waals surface area contributed by atoms with Gasteiger partial charge in [0, 0.05) is 39.9 Å². The first-order valence-corrected chi connectivity index (χ1v) is 12.4. The molecule has 6 aromatic rings. The molecule has 0 saturated carbocycles. The third kappa shape index (κ3) is 4.32. The van der Waals surface area contributed by atoms with E-state index in [0.717, 1.165) is 50.3 Å². The summed E-state index contributed by atoms with van der Waals surface area (Å²) in [5.74, 6) is 0. The van der Waals surface area contributed by atoms with E-state index in [1.54, 1.807) is 0 Å². The fourth-order valence-corrected chi connectivity index (χ4v) is 4.84. The molecule has 0 spiro atoms. The van der Waals surface area contributed by atoms with Crippen molar-refractivity contribution in [3.05, 3.63) is 155 Å². The topological polar surface area (TPSA) is 25.2 Å². The van der Waals surface area contributed by atoms with Gasteiger partial charge in [0.25, 0.3) is 0 Å². The van der Waals surface area contributed by atoms with Gasteiger partial charge in [-0.15, -0.1) is 0 Å². The number of pyridine rings is 1. The van der Waals surface area contributed by atoms with Crippen LogP contribution in [0.2, 0.25) is 0 Å². The first-order valence-electron chi connectivity index (χ1n) is 12.4. The number of aryl methyl sites for hydroxylation is 1. The Morgan fingerprint density at radius 1 is 0.568 bits per heavy atom. The van der Waals surface area contributed by atoms with Crippen LogP contribution in [0.5, 0.6) is 0 Å². The summed E-state index contributed by atoms with van der Waals surface area (Å²) in [6.45, 7) is 1.87. The van der Waals surface area contributed by atoms with Gasteiger partial charge in [0.1, 0.15) is 0 Å². The van der Waals surface area contributed by atoms with Crippen molar-refractivity contribution in [2.24, 2.45) is 0 Å². The van der Waals surface area contributed by atoms with E-state index >= 15 is 0 Å². The number of nitrogens with zero attached hydrogens (tertiary/aromatic N) is 2. The van der Waals surface area contributed by atoms with E-state index in [1.165, 1.54) is 0 Å². The first-order chi connectivity index (χ1) is 18.2. The summed E-state index contributed by atoms with van der Waals surface area (Å²) in [6, 6.07) is 45.6. The minimum atomic E-state index is 0.0745. The monoisotopic (exact) mass is 478 g/mol. The molecule has 0 amide bonds. The van der Waals surface area contributed by atoms with Crippen LogP contribution < -0.4 is 10.3 Å². The summed E-state index contributed by atoms with van der Waals surface area (Å²) in [5.41, 5.74) is 8.20. The number of benzene rings is 5. The largest absolute Gasteiger partial charge is 0.316 e. The molecule has 3 nitrogen and oxygen atoms in total. The lowest BCUT2D eigenvalue weighted by Gasteiger charge is -2.25. The number of para-hydroxylation sites is 3. The molecule has 0 atom stereocenters. The van der Waals surface area contributed by atoms with Crippen LogP contribution in [-0.4, -0.2) is 4.57 Å². The Kier molecular flexibility index (Phi) is 5.88. The minimum absolute atomic E-state index is 0.0745. The number of aromatic nitrogens is 1. The first kappa shape index (κ1) is 22.6. The Bertz CT molecular complexity index is 1680. The summed E-state index contributed by atoms with van der Waals surface area (Å²) >= 11 is 0. The second-order valence-corrected chi connectivity index (χ2v) is 9.13. The molecule has 0 saturated heterocycles. The Balaban J connectivity index is 1.44. The summed E-state index contributed by atoms with van der Waals surface area (Å²) in [5, 5.41) is 0.726. The van der Waals surface area contributed by atoms with Gasteiger partial charge < -0.3 is 9.47 Å². The lowest BCUT2D eigenvalue weighted by Crippen LogP contribution is -2.11. The zero-order valence-corrected chi connectivity index (χ0v) is 20.6. The van der Waals surface area contributed by atoms with Crippen LogP contribution in [0, 0.1) is 6.92 Å². The number of hydrogen-bond donors (Lipinski definition) is 0. The highest BCUT2D eigenvalue weighted by Crippen LogP contribution is 2.35. The molecular weight excluding hydrogens is 452 g/mol. The quantitative estimate of drug-likeness (QED) is 0.248. The van der Waals surface area contributed by atoms with Crippen molar-refractivity contribution in [1.29, 1.82) is 0 Å². The van der Waals surface area contributed by atoms with Crippen molar-refractivity contribution in [3.63, 3.8) is 0 Å². The molecule has 0 aliphatic heterocycles. The number of anilines is 3. The maximum absolute atomic E-state index is 12.9. The van der Waals surface area contributed by atoms with Gasteiger partial charge in [0.05, 0.1) is 5.52 Å². The zero-order chi connectivity index (χ0) is 25.2. The molecule has 1 heterocycles. The van der Waals surface area contributed by atoms with Gasteiger partial charge in [-0.2, -0.15) is 0 Å². The second kappa shape index (κ2) is 9.63. The molecule has 0 aliphatic carbocycles. The lowest BCUT2D eigenvalue weighted by atomic mass is 10.0. The third-order valence-corrected chi connectivity index (χ3v) is 6.70. The highest BCUT2D eigenvalue weighted by atomic mass is 16.1. The van der Waals surface area contributed by atoms with Crippen molar-refractivity contribution >= 4 is 28.0 Å². The Morgan fingerprint density at radius 2 is 1.08 bits per heavy atom. The van der Waals surface area contributed by atoms with Gasteiger partial charge in [-0.3, -0.25) is 4.79 Å².